The van der Waals surface area contributed by atoms with Crippen LogP contribution in [0.15, 0.2) is 12.1 Å². The lowest BCUT2D eigenvalue weighted by Crippen LogP contribution is -2.19. The Balaban J connectivity index is 3.25. The van der Waals surface area contributed by atoms with Crippen LogP contribution in [0.2, 0.25) is 0 Å². The highest BCUT2D eigenvalue weighted by molar-refractivity contribution is 5.70. The predicted octanol–water partition coefficient (Wildman–Crippen LogP) is 5.04. The molecule has 3 nitrogen and oxygen atoms in total. The second kappa shape index (κ2) is 8.21. The Morgan fingerprint density at radius 1 is 1.18 bits per heavy atom. The molecule has 0 saturated heterocycles. The smallest absolute Gasteiger partial charge is 0.308 e. The number of aryl methyl sites for hydroxylation is 1. The Kier molecular flexibility index (Phi) is 6.92. The summed E-state index contributed by atoms with van der Waals surface area (Å²) < 4.78 is 11.0. The van der Waals surface area contributed by atoms with E-state index in [1.807, 2.05) is 12.1 Å². The van der Waals surface area contributed by atoms with E-state index >= 15 is 0 Å². The third-order valence-corrected chi connectivity index (χ3v) is 4.12. The Morgan fingerprint density at radius 2 is 1.86 bits per heavy atom. The van der Waals surface area contributed by atoms with E-state index in [0.717, 1.165) is 29.7 Å². The van der Waals surface area contributed by atoms with Gasteiger partial charge in [-0.05, 0) is 36.0 Å². The fourth-order valence-electron chi connectivity index (χ4n) is 2.84. The minimum atomic E-state index is -0.290. The molecule has 0 spiro atoms. The number of carbonyl (C=O) groups excluding carboxylic acids is 1. The topological polar surface area (TPSA) is 35.5 Å². The molecule has 0 fully saturated rings. The first-order valence-electron chi connectivity index (χ1n) is 8.25. The normalized spacial score (nSPS) is 11.4. The molecule has 0 aliphatic rings. The molecule has 0 atom stereocenters. The molecule has 0 aliphatic heterocycles. The maximum absolute atomic E-state index is 11.3. The van der Waals surface area contributed by atoms with Crippen LogP contribution >= 0.6 is 0 Å². The monoisotopic (exact) mass is 306 g/mol. The van der Waals surface area contributed by atoms with Crippen LogP contribution < -0.4 is 9.47 Å². The number of rotatable bonds is 8. The molecule has 1 aromatic carbocycles. The number of ether oxygens (including phenoxy) is 2. The van der Waals surface area contributed by atoms with Gasteiger partial charge in [0.2, 0.25) is 0 Å². The van der Waals surface area contributed by atoms with Gasteiger partial charge in [0.15, 0.2) is 0 Å². The molecule has 0 heterocycles. The van der Waals surface area contributed by atoms with Crippen LogP contribution in [0.1, 0.15) is 71.4 Å². The lowest BCUT2D eigenvalue weighted by atomic mass is 9.78. The van der Waals surface area contributed by atoms with Crippen LogP contribution in [0.5, 0.6) is 11.5 Å². The lowest BCUT2D eigenvalue weighted by Gasteiger charge is -2.29. The average molecular weight is 306 g/mol. The number of hydrogen-bond donors (Lipinski definition) is 0. The number of unbranched alkanes of at least 4 members (excludes halogenated alkanes) is 2. The van der Waals surface area contributed by atoms with Gasteiger partial charge in [-0.25, -0.2) is 0 Å². The zero-order valence-electron chi connectivity index (χ0n) is 14.9. The quantitative estimate of drug-likeness (QED) is 0.383. The van der Waals surface area contributed by atoms with Crippen molar-refractivity contribution >= 4 is 5.97 Å². The van der Waals surface area contributed by atoms with Crippen molar-refractivity contribution < 1.29 is 14.3 Å². The second-order valence-corrected chi connectivity index (χ2v) is 6.45. The number of methoxy groups -OCH3 is 1. The van der Waals surface area contributed by atoms with Crippen molar-refractivity contribution in [1.82, 2.24) is 0 Å². The summed E-state index contributed by atoms with van der Waals surface area (Å²) in [5.74, 6) is 1.26. The zero-order valence-corrected chi connectivity index (χ0v) is 14.9. The highest BCUT2D eigenvalue weighted by atomic mass is 16.5. The Hall–Kier alpha value is -1.51. The molecule has 124 valence electrons. The van der Waals surface area contributed by atoms with Gasteiger partial charge in [-0.15, -0.1) is 0 Å². The number of benzene rings is 1. The molecular weight excluding hydrogens is 276 g/mol. The number of esters is 1. The van der Waals surface area contributed by atoms with Crippen LogP contribution in [-0.4, -0.2) is 13.1 Å². The van der Waals surface area contributed by atoms with Gasteiger partial charge < -0.3 is 9.47 Å². The van der Waals surface area contributed by atoms with Crippen molar-refractivity contribution in [2.75, 3.05) is 7.11 Å². The minimum absolute atomic E-state index is 0.0133. The van der Waals surface area contributed by atoms with Gasteiger partial charge in [0.25, 0.3) is 0 Å². The second-order valence-electron chi connectivity index (χ2n) is 6.45. The van der Waals surface area contributed by atoms with Crippen molar-refractivity contribution in [3.63, 3.8) is 0 Å². The van der Waals surface area contributed by atoms with E-state index in [1.165, 1.54) is 26.2 Å². The standard InChI is InChI=1S/C19H30O3/c1-7-9-10-11-19(4,5)17-13-16(22-14(3)20)12-15(8-2)18(17)21-6/h12-13H,7-11H2,1-6H3. The van der Waals surface area contributed by atoms with E-state index in [9.17, 15) is 4.79 Å². The summed E-state index contributed by atoms with van der Waals surface area (Å²) in [7, 11) is 1.71. The van der Waals surface area contributed by atoms with Gasteiger partial charge >= 0.3 is 5.97 Å². The molecule has 0 aromatic heterocycles. The molecule has 0 unspecified atom stereocenters. The first-order chi connectivity index (χ1) is 10.4. The summed E-state index contributed by atoms with van der Waals surface area (Å²) in [6.07, 6.45) is 5.56. The van der Waals surface area contributed by atoms with Gasteiger partial charge in [0.05, 0.1) is 7.11 Å². The van der Waals surface area contributed by atoms with Crippen molar-refractivity contribution in [3.05, 3.63) is 23.3 Å². The van der Waals surface area contributed by atoms with Gasteiger partial charge in [-0.1, -0.05) is 47.0 Å². The molecule has 1 rings (SSSR count). The number of hydrogen-bond acceptors (Lipinski definition) is 3. The first kappa shape index (κ1) is 18.5. The van der Waals surface area contributed by atoms with E-state index < -0.39 is 0 Å². The summed E-state index contributed by atoms with van der Waals surface area (Å²) in [4.78, 5) is 11.3. The molecule has 1 aromatic rings. The molecular formula is C19H30O3. The maximum Gasteiger partial charge on any atom is 0.308 e. The Labute approximate surface area is 135 Å². The number of carbonyl (C=O) groups is 1. The summed E-state index contributed by atoms with van der Waals surface area (Å²) in [6, 6.07) is 3.87. The highest BCUT2D eigenvalue weighted by Crippen LogP contribution is 2.40. The first-order valence-corrected chi connectivity index (χ1v) is 8.25. The van der Waals surface area contributed by atoms with Crippen molar-refractivity contribution in [2.45, 2.75) is 72.1 Å². The summed E-state index contributed by atoms with van der Waals surface area (Å²) in [5, 5.41) is 0. The van der Waals surface area contributed by atoms with Crippen LogP contribution in [0, 0.1) is 0 Å². The molecule has 0 radical (unpaired) electrons. The van der Waals surface area contributed by atoms with Crippen LogP contribution in [-0.2, 0) is 16.6 Å². The zero-order chi connectivity index (χ0) is 16.8. The van der Waals surface area contributed by atoms with Crippen molar-refractivity contribution in [2.24, 2.45) is 0 Å². The molecule has 0 aliphatic carbocycles. The SMILES string of the molecule is CCCCCC(C)(C)c1cc(OC(C)=O)cc(CC)c1OC. The third-order valence-electron chi connectivity index (χ3n) is 4.12. The van der Waals surface area contributed by atoms with Crippen LogP contribution in [0.3, 0.4) is 0 Å². The largest absolute Gasteiger partial charge is 0.496 e. The molecule has 0 amide bonds. The van der Waals surface area contributed by atoms with E-state index in [0.29, 0.717) is 5.75 Å². The summed E-state index contributed by atoms with van der Waals surface area (Å²) in [5.41, 5.74) is 2.20. The van der Waals surface area contributed by atoms with E-state index in [2.05, 4.69) is 27.7 Å². The summed E-state index contributed by atoms with van der Waals surface area (Å²) in [6.45, 7) is 10.2. The Bertz CT molecular complexity index is 504. The highest BCUT2D eigenvalue weighted by Gasteiger charge is 2.26. The summed E-state index contributed by atoms with van der Waals surface area (Å²) >= 11 is 0. The maximum atomic E-state index is 11.3. The van der Waals surface area contributed by atoms with Gasteiger partial charge in [0.1, 0.15) is 11.5 Å². The minimum Gasteiger partial charge on any atom is -0.496 e. The van der Waals surface area contributed by atoms with E-state index in [1.54, 1.807) is 7.11 Å². The Morgan fingerprint density at radius 3 is 2.36 bits per heavy atom. The molecule has 22 heavy (non-hydrogen) atoms. The lowest BCUT2D eigenvalue weighted by molar-refractivity contribution is -0.131. The van der Waals surface area contributed by atoms with Gasteiger partial charge in [-0.3, -0.25) is 4.79 Å². The average Bonchev–Trinajstić information content (AvgIpc) is 2.45. The van der Waals surface area contributed by atoms with Crippen molar-refractivity contribution in [1.29, 1.82) is 0 Å². The molecule has 3 heteroatoms. The van der Waals surface area contributed by atoms with Crippen molar-refractivity contribution in [3.8, 4) is 11.5 Å². The van der Waals surface area contributed by atoms with Gasteiger partial charge in [-0.2, -0.15) is 0 Å². The fraction of sp³-hybridized carbons (Fsp3) is 0.632. The fourth-order valence-corrected chi connectivity index (χ4v) is 2.84. The van der Waals surface area contributed by atoms with Crippen LogP contribution in [0.4, 0.5) is 0 Å². The molecule has 0 N–H and O–H groups in total. The molecule has 0 bridgehead atoms. The third kappa shape index (κ3) is 4.75. The van der Waals surface area contributed by atoms with Gasteiger partial charge in [0, 0.05) is 12.5 Å². The van der Waals surface area contributed by atoms with E-state index in [-0.39, 0.29) is 11.4 Å². The molecule has 0 saturated carbocycles. The predicted molar refractivity (Wildman–Crippen MR) is 90.8 cm³/mol. The van der Waals surface area contributed by atoms with Crippen LogP contribution in [0.25, 0.3) is 0 Å². The van der Waals surface area contributed by atoms with E-state index in [4.69, 9.17) is 9.47 Å².